The maximum atomic E-state index is 13.7. The van der Waals surface area contributed by atoms with Crippen LogP contribution >= 0.6 is 0 Å². The van der Waals surface area contributed by atoms with Crippen molar-refractivity contribution in [3.63, 3.8) is 0 Å². The Morgan fingerprint density at radius 2 is 1.95 bits per heavy atom. The smallest absolute Gasteiger partial charge is 0.269 e. The van der Waals surface area contributed by atoms with Crippen LogP contribution in [0.1, 0.15) is 64.0 Å². The van der Waals surface area contributed by atoms with Crippen molar-refractivity contribution >= 4 is 27.0 Å². The van der Waals surface area contributed by atoms with E-state index in [1.807, 2.05) is 6.92 Å². The monoisotopic (exact) mass is 540 g/mol. The van der Waals surface area contributed by atoms with E-state index in [0.29, 0.717) is 63.7 Å². The van der Waals surface area contributed by atoms with Crippen LogP contribution in [-0.2, 0) is 10.0 Å². The van der Waals surface area contributed by atoms with Gasteiger partial charge in [-0.25, -0.2) is 26.5 Å². The van der Waals surface area contributed by atoms with E-state index in [0.717, 1.165) is 12.6 Å². The number of rotatable bonds is 7. The van der Waals surface area contributed by atoms with Gasteiger partial charge in [-0.3, -0.25) is 9.36 Å². The van der Waals surface area contributed by atoms with Crippen molar-refractivity contribution in [1.29, 1.82) is 0 Å². The molecular weight excluding hydrogens is 506 g/mol. The molecule has 0 aromatic carbocycles. The van der Waals surface area contributed by atoms with Crippen LogP contribution in [-0.4, -0.2) is 86.9 Å². The lowest BCUT2D eigenvalue weighted by molar-refractivity contribution is 0.0261. The summed E-state index contributed by atoms with van der Waals surface area (Å²) >= 11 is 0. The second-order valence-corrected chi connectivity index (χ2v) is 12.9. The van der Waals surface area contributed by atoms with Gasteiger partial charge >= 0.3 is 0 Å². The fourth-order valence-corrected chi connectivity index (χ4v) is 7.75. The van der Waals surface area contributed by atoms with E-state index in [1.165, 1.54) is 10.8 Å². The molecule has 0 unspecified atom stereocenters. The number of fused-ring (bicyclic) bond motifs is 1. The van der Waals surface area contributed by atoms with Crippen LogP contribution in [0.5, 0.6) is 0 Å². The molecule has 5 rings (SSSR count). The van der Waals surface area contributed by atoms with Crippen molar-refractivity contribution in [2.75, 3.05) is 38.0 Å². The number of nitrogens with one attached hydrogen (secondary N) is 1. The number of aromatic nitrogens is 3. The number of nitrogens with zero attached hydrogens (tertiary/aromatic N) is 5. The topological polar surface area (TPSA) is 121 Å². The third-order valence-corrected chi connectivity index (χ3v) is 10.4. The summed E-state index contributed by atoms with van der Waals surface area (Å²) in [7, 11) is -3.33. The number of alkyl halides is 2. The van der Waals surface area contributed by atoms with Gasteiger partial charge in [0, 0.05) is 43.8 Å². The first kappa shape index (κ1) is 26.4. The molecule has 2 atom stereocenters. The van der Waals surface area contributed by atoms with Crippen LogP contribution in [0.3, 0.4) is 0 Å². The summed E-state index contributed by atoms with van der Waals surface area (Å²) < 4.78 is 55.9. The highest BCUT2D eigenvalue weighted by Crippen LogP contribution is 2.40. The highest BCUT2D eigenvalue weighted by Gasteiger charge is 2.42. The second-order valence-electron chi connectivity index (χ2n) is 10.7. The van der Waals surface area contributed by atoms with E-state index in [4.69, 9.17) is 0 Å². The Morgan fingerprint density at radius 1 is 1.24 bits per heavy atom. The van der Waals surface area contributed by atoms with E-state index in [1.54, 1.807) is 11.2 Å². The largest absolute Gasteiger partial charge is 0.388 e. The molecule has 13 heteroatoms. The lowest BCUT2D eigenvalue weighted by atomic mass is 9.99. The van der Waals surface area contributed by atoms with Crippen LogP contribution in [0, 0.1) is 0 Å². The van der Waals surface area contributed by atoms with Crippen molar-refractivity contribution < 1.29 is 22.3 Å². The number of piperidine rings is 1. The van der Waals surface area contributed by atoms with Crippen LogP contribution in [0.15, 0.2) is 17.1 Å². The zero-order valence-electron chi connectivity index (χ0n) is 21.1. The maximum absolute atomic E-state index is 13.7. The third kappa shape index (κ3) is 4.86. The minimum absolute atomic E-state index is 0.0764. The number of likely N-dealkylation sites (tertiary alicyclic amines) is 1. The standard InChI is InChI=1S/C24H34F2N6O4S/c1-3-30-13-17(14-30)37(35,36)31-9-6-16(7-10-31)28-23-27-12-15-11-18(20(25)26)22(33)32(21(15)29-23)19-5-4-8-24(19,2)34/h11-12,16-17,19-20,34H,3-10,13-14H2,1-2H3,(H,27,28,29)/t19-,24-/m1/s1. The zero-order valence-corrected chi connectivity index (χ0v) is 21.9. The first-order chi connectivity index (χ1) is 17.5. The van der Waals surface area contributed by atoms with E-state index in [9.17, 15) is 27.1 Å². The number of halogens is 2. The fraction of sp³-hybridized carbons (Fsp3) is 0.708. The third-order valence-electron chi connectivity index (χ3n) is 8.17. The summed E-state index contributed by atoms with van der Waals surface area (Å²) in [6.07, 6.45) is 1.19. The molecule has 2 N–H and O–H groups in total. The van der Waals surface area contributed by atoms with Crippen molar-refractivity contribution in [3.05, 3.63) is 28.2 Å². The maximum Gasteiger partial charge on any atom is 0.269 e. The van der Waals surface area contributed by atoms with Crippen LogP contribution in [0.2, 0.25) is 0 Å². The molecule has 4 heterocycles. The van der Waals surface area contributed by atoms with Gasteiger partial charge in [-0.2, -0.15) is 4.98 Å². The van der Waals surface area contributed by atoms with Gasteiger partial charge in [0.15, 0.2) is 0 Å². The average molecular weight is 541 g/mol. The van der Waals surface area contributed by atoms with Gasteiger partial charge in [-0.05, 0) is 51.6 Å². The van der Waals surface area contributed by atoms with E-state index >= 15 is 0 Å². The van der Waals surface area contributed by atoms with Crippen LogP contribution in [0.25, 0.3) is 11.0 Å². The quantitative estimate of drug-likeness (QED) is 0.548. The number of hydrogen-bond acceptors (Lipinski definition) is 8. The summed E-state index contributed by atoms with van der Waals surface area (Å²) in [5.74, 6) is 0.238. The molecule has 0 radical (unpaired) electrons. The predicted molar refractivity (Wildman–Crippen MR) is 135 cm³/mol. The van der Waals surface area contributed by atoms with E-state index in [-0.39, 0.29) is 22.9 Å². The van der Waals surface area contributed by atoms with Gasteiger partial charge in [-0.15, -0.1) is 0 Å². The van der Waals surface area contributed by atoms with Crippen molar-refractivity contribution in [2.24, 2.45) is 0 Å². The van der Waals surface area contributed by atoms with E-state index < -0.39 is 39.2 Å². The molecule has 2 aromatic heterocycles. The summed E-state index contributed by atoms with van der Waals surface area (Å²) in [4.78, 5) is 24.0. The first-order valence-corrected chi connectivity index (χ1v) is 14.4. The summed E-state index contributed by atoms with van der Waals surface area (Å²) in [5.41, 5.74) is -2.51. The molecule has 10 nitrogen and oxygen atoms in total. The lowest BCUT2D eigenvalue weighted by Gasteiger charge is -2.42. The number of hydrogen-bond donors (Lipinski definition) is 2. The number of sulfonamides is 1. The molecule has 2 saturated heterocycles. The highest BCUT2D eigenvalue weighted by molar-refractivity contribution is 7.89. The Labute approximate surface area is 214 Å². The Balaban J connectivity index is 1.36. The Bertz CT molecular complexity index is 1320. The highest BCUT2D eigenvalue weighted by atomic mass is 32.2. The molecule has 1 aliphatic carbocycles. The lowest BCUT2D eigenvalue weighted by Crippen LogP contribution is -2.59. The normalized spacial score (nSPS) is 26.7. The molecule has 3 fully saturated rings. The van der Waals surface area contributed by atoms with Gasteiger partial charge in [0.05, 0.1) is 17.2 Å². The minimum atomic E-state index is -3.33. The molecule has 1 saturated carbocycles. The zero-order chi connectivity index (χ0) is 26.5. The van der Waals surface area contributed by atoms with E-state index in [2.05, 4.69) is 20.2 Å². The summed E-state index contributed by atoms with van der Waals surface area (Å²) in [5, 5.41) is 14.1. The Hall–Kier alpha value is -2.22. The molecule has 204 valence electrons. The Kier molecular flexibility index (Phi) is 7.01. The average Bonchev–Trinajstić information content (AvgIpc) is 3.16. The molecule has 0 bridgehead atoms. The van der Waals surface area contributed by atoms with Crippen LogP contribution in [0.4, 0.5) is 14.7 Å². The summed E-state index contributed by atoms with van der Waals surface area (Å²) in [6.45, 7) is 6.41. The van der Waals surface area contributed by atoms with Crippen LogP contribution < -0.4 is 10.9 Å². The van der Waals surface area contributed by atoms with Crippen molar-refractivity contribution in [3.8, 4) is 0 Å². The Morgan fingerprint density at radius 3 is 2.54 bits per heavy atom. The van der Waals surface area contributed by atoms with Gasteiger partial charge in [0.2, 0.25) is 16.0 Å². The van der Waals surface area contributed by atoms with Gasteiger partial charge in [0.1, 0.15) is 10.9 Å². The van der Waals surface area contributed by atoms with Gasteiger partial charge in [-0.1, -0.05) is 6.92 Å². The molecule has 37 heavy (non-hydrogen) atoms. The number of pyridine rings is 1. The predicted octanol–water partition coefficient (Wildman–Crippen LogP) is 2.12. The molecule has 2 aliphatic heterocycles. The molecule has 2 aromatic rings. The molecule has 0 amide bonds. The first-order valence-electron chi connectivity index (χ1n) is 12.9. The van der Waals surface area contributed by atoms with Crippen molar-refractivity contribution in [1.82, 2.24) is 23.7 Å². The fourth-order valence-electron chi connectivity index (χ4n) is 5.81. The van der Waals surface area contributed by atoms with Gasteiger partial charge < -0.3 is 15.3 Å². The molecular formula is C24H34F2N6O4S. The second kappa shape index (κ2) is 9.83. The van der Waals surface area contributed by atoms with Gasteiger partial charge in [0.25, 0.3) is 12.0 Å². The molecule has 3 aliphatic rings. The minimum Gasteiger partial charge on any atom is -0.388 e. The van der Waals surface area contributed by atoms with Crippen molar-refractivity contribution in [2.45, 2.75) is 75.3 Å². The SMILES string of the molecule is CCN1CC(S(=O)(=O)N2CCC(Nc3ncc4cc(C(F)F)c(=O)n([C@@H]5CCC[C@@]5(C)O)c4n3)CC2)C1. The number of aliphatic hydroxyl groups is 1. The molecule has 0 spiro atoms. The summed E-state index contributed by atoms with van der Waals surface area (Å²) in [6, 6.07) is 0.371. The number of anilines is 1.